The van der Waals surface area contributed by atoms with Crippen LogP contribution < -0.4 is 31.3 Å². The maximum Gasteiger partial charge on any atom is 0.326 e. The van der Waals surface area contributed by atoms with Crippen LogP contribution in [0.25, 0.3) is 11.1 Å². The number of amides is 5. The van der Waals surface area contributed by atoms with E-state index in [9.17, 15) is 33.9 Å². The van der Waals surface area contributed by atoms with Crippen molar-refractivity contribution >= 4 is 35.5 Å². The van der Waals surface area contributed by atoms with Crippen molar-refractivity contribution in [3.8, 4) is 16.9 Å². The largest absolute Gasteiger partial charge is 0.484 e. The fourth-order valence-corrected chi connectivity index (χ4v) is 7.95. The van der Waals surface area contributed by atoms with Crippen molar-refractivity contribution in [1.29, 1.82) is 0 Å². The molecule has 5 amide bonds. The molecule has 14 nitrogen and oxygen atoms in total. The number of benzene rings is 5. The number of aryl methyl sites for hydroxylation is 2. The van der Waals surface area contributed by atoms with Crippen LogP contribution in [0.5, 0.6) is 5.75 Å². The van der Waals surface area contributed by atoms with Gasteiger partial charge in [-0.15, -0.1) is 0 Å². The third-order valence-corrected chi connectivity index (χ3v) is 11.7. The van der Waals surface area contributed by atoms with Crippen LogP contribution in [0.15, 0.2) is 164 Å². The first-order chi connectivity index (χ1) is 33.1. The molecule has 0 fully saturated rings. The number of carboxylic acids is 1. The van der Waals surface area contributed by atoms with Crippen LogP contribution in [-0.2, 0) is 60.9 Å². The molecule has 5 aromatic carbocycles. The van der Waals surface area contributed by atoms with Gasteiger partial charge >= 0.3 is 5.97 Å². The van der Waals surface area contributed by atoms with Crippen molar-refractivity contribution < 1.29 is 38.6 Å². The number of ether oxygens (including phenoxy) is 1. The van der Waals surface area contributed by atoms with Gasteiger partial charge in [-0.25, -0.2) is 4.79 Å². The lowest BCUT2D eigenvalue weighted by molar-refractivity contribution is -0.142. The van der Waals surface area contributed by atoms with Gasteiger partial charge in [-0.1, -0.05) is 127 Å². The lowest BCUT2D eigenvalue weighted by Crippen LogP contribution is -2.59. The van der Waals surface area contributed by atoms with Crippen LogP contribution in [0, 0.1) is 0 Å². The monoisotopic (exact) mass is 914 g/mol. The average Bonchev–Trinajstić information content (AvgIpc) is 3.36. The van der Waals surface area contributed by atoms with Gasteiger partial charge in [0.2, 0.25) is 23.6 Å². The number of hydrogen-bond donors (Lipinski definition) is 6. The summed E-state index contributed by atoms with van der Waals surface area (Å²) >= 11 is 0. The minimum absolute atomic E-state index is 0.0112. The standard InChI is InChI=1S/C54H54N6O8/c61-49-35-68-43-24-18-39(19-25-43)33-48(53(65)58-45(54(66)67)27-21-37-12-6-2-7-13-37)59-50(62)44(26-20-36-10-4-1-5-11-36)57-52(64)47(60-51(63)46(56-49)34-40-28-30-55-31-29-40)32-38-16-22-42(23-17-38)41-14-8-3-9-15-41/h1-19,22-25,28-31,44-48H,20-21,26-27,32-35H2,(H,56,61)(H,57,64)(H,58,65)(H,59,62)(H,60,63)(H,66,67)/t44-,45+,46-,47+,48-/m0/s1. The molecule has 0 radical (unpaired) electrons. The number of carbonyl (C=O) groups excluding carboxylic acids is 5. The highest BCUT2D eigenvalue weighted by Crippen LogP contribution is 2.21. The predicted molar refractivity (Wildman–Crippen MR) is 256 cm³/mol. The Morgan fingerprint density at radius 1 is 0.588 bits per heavy atom. The quantitative estimate of drug-likeness (QED) is 0.0818. The van der Waals surface area contributed by atoms with Crippen LogP contribution in [0.1, 0.15) is 40.7 Å². The van der Waals surface area contributed by atoms with E-state index >= 15 is 0 Å². The lowest BCUT2D eigenvalue weighted by Gasteiger charge is -2.27. The molecule has 2 bridgehead atoms. The lowest BCUT2D eigenvalue weighted by atomic mass is 9.98. The molecule has 0 unspecified atom stereocenters. The van der Waals surface area contributed by atoms with Crippen LogP contribution in [-0.4, -0.2) is 82.4 Å². The highest BCUT2D eigenvalue weighted by molar-refractivity contribution is 5.96. The van der Waals surface area contributed by atoms with E-state index in [0.717, 1.165) is 22.3 Å². The van der Waals surface area contributed by atoms with Crippen molar-refractivity contribution in [3.63, 3.8) is 0 Å². The number of fused-ring (bicyclic) bond motifs is 16. The highest BCUT2D eigenvalue weighted by atomic mass is 16.5. The van der Waals surface area contributed by atoms with Gasteiger partial charge in [-0.05, 0) is 88.9 Å². The maximum atomic E-state index is 14.7. The van der Waals surface area contributed by atoms with Crippen LogP contribution in [0.2, 0.25) is 0 Å². The van der Waals surface area contributed by atoms with Gasteiger partial charge < -0.3 is 36.4 Å². The molecule has 2 aliphatic rings. The Morgan fingerprint density at radius 3 is 1.74 bits per heavy atom. The van der Waals surface area contributed by atoms with E-state index in [1.165, 1.54) is 0 Å². The Morgan fingerprint density at radius 2 is 1.12 bits per heavy atom. The van der Waals surface area contributed by atoms with Crippen molar-refractivity contribution in [1.82, 2.24) is 31.6 Å². The number of pyridine rings is 1. The summed E-state index contributed by atoms with van der Waals surface area (Å²) in [4.78, 5) is 88.0. The van der Waals surface area contributed by atoms with Gasteiger partial charge in [0.15, 0.2) is 6.61 Å². The van der Waals surface area contributed by atoms with Gasteiger partial charge in [-0.3, -0.25) is 29.0 Å². The zero-order valence-corrected chi connectivity index (χ0v) is 37.4. The molecule has 348 valence electrons. The minimum Gasteiger partial charge on any atom is -0.484 e. The summed E-state index contributed by atoms with van der Waals surface area (Å²) in [6.07, 6.45) is 4.09. The SMILES string of the molecule is O=C1COc2ccc(cc2)C[C@@H](C(=O)N[C@H](CCc2ccccc2)C(=O)O)NC(=O)[C@H](CCc2ccccc2)NC(=O)[C@@H](Cc2ccc(-c3ccccc3)cc2)NC(=O)[C@H](Cc2ccncc2)N1. The minimum atomic E-state index is -1.29. The molecule has 3 heterocycles. The Hall–Kier alpha value is -8.13. The Balaban J connectivity index is 1.21. The Bertz CT molecular complexity index is 2620. The van der Waals surface area contributed by atoms with Crippen molar-refractivity contribution in [2.24, 2.45) is 0 Å². The molecular formula is C54H54N6O8. The first-order valence-electron chi connectivity index (χ1n) is 22.6. The summed E-state index contributed by atoms with van der Waals surface area (Å²) in [6.45, 7) is -0.444. The molecule has 68 heavy (non-hydrogen) atoms. The number of hydrogen-bond acceptors (Lipinski definition) is 8. The highest BCUT2D eigenvalue weighted by Gasteiger charge is 2.33. The van der Waals surface area contributed by atoms with Crippen molar-refractivity contribution in [3.05, 3.63) is 192 Å². The smallest absolute Gasteiger partial charge is 0.326 e. The number of aliphatic carboxylic acids is 1. The van der Waals surface area contributed by atoms with E-state index in [1.807, 2.05) is 115 Å². The van der Waals surface area contributed by atoms with E-state index in [0.29, 0.717) is 35.3 Å². The molecule has 0 saturated carbocycles. The summed E-state index contributed by atoms with van der Waals surface area (Å²) < 4.78 is 5.81. The number of nitrogens with one attached hydrogen (secondary N) is 5. The second-order valence-electron chi connectivity index (χ2n) is 16.7. The van der Waals surface area contributed by atoms with Gasteiger partial charge in [0.05, 0.1) is 0 Å². The first kappa shape index (κ1) is 47.8. The van der Waals surface area contributed by atoms with Crippen LogP contribution in [0.4, 0.5) is 0 Å². The van der Waals surface area contributed by atoms with E-state index in [1.54, 1.807) is 48.8 Å². The molecule has 14 heteroatoms. The van der Waals surface area contributed by atoms with E-state index in [2.05, 4.69) is 31.6 Å². The molecule has 0 saturated heterocycles. The molecule has 6 N–H and O–H groups in total. The number of rotatable bonds is 14. The molecule has 0 spiro atoms. The molecule has 0 aliphatic carbocycles. The molecule has 5 atom stereocenters. The first-order valence-corrected chi connectivity index (χ1v) is 22.6. The second kappa shape index (κ2) is 23.9. The van der Waals surface area contributed by atoms with Gasteiger partial charge in [0.25, 0.3) is 5.91 Å². The fourth-order valence-electron chi connectivity index (χ4n) is 7.95. The zero-order valence-electron chi connectivity index (χ0n) is 37.4. The van der Waals surface area contributed by atoms with E-state index in [4.69, 9.17) is 4.74 Å². The zero-order chi connectivity index (χ0) is 47.7. The normalized spacial score (nSPS) is 18.5. The van der Waals surface area contributed by atoms with Crippen molar-refractivity contribution in [2.45, 2.75) is 75.2 Å². The number of carbonyl (C=O) groups is 6. The van der Waals surface area contributed by atoms with E-state index in [-0.39, 0.29) is 32.1 Å². The maximum absolute atomic E-state index is 14.7. The topological polar surface area (TPSA) is 205 Å². The van der Waals surface area contributed by atoms with Gasteiger partial charge in [-0.2, -0.15) is 0 Å². The van der Waals surface area contributed by atoms with Crippen LogP contribution in [0.3, 0.4) is 0 Å². The molecule has 8 rings (SSSR count). The summed E-state index contributed by atoms with van der Waals surface area (Å²) in [5, 5.41) is 24.2. The average molecular weight is 915 g/mol. The summed E-state index contributed by atoms with van der Waals surface area (Å²) in [5.74, 6) is -4.27. The Labute approximate surface area is 394 Å². The molecular weight excluding hydrogens is 861 g/mol. The summed E-state index contributed by atoms with van der Waals surface area (Å²) in [7, 11) is 0. The molecule has 2 aliphatic heterocycles. The number of aromatic nitrogens is 1. The second-order valence-corrected chi connectivity index (χ2v) is 16.7. The third kappa shape index (κ3) is 14.2. The third-order valence-electron chi connectivity index (χ3n) is 11.7. The Kier molecular flexibility index (Phi) is 16.8. The summed E-state index contributed by atoms with van der Waals surface area (Å²) in [5.41, 5.74) is 5.73. The van der Waals surface area contributed by atoms with Gasteiger partial charge in [0.1, 0.15) is 36.0 Å². The number of carboxylic acid groups (broad SMARTS) is 1. The predicted octanol–water partition coefficient (Wildman–Crippen LogP) is 4.94. The van der Waals surface area contributed by atoms with E-state index < -0.39 is 72.3 Å². The van der Waals surface area contributed by atoms with Crippen LogP contribution >= 0.6 is 0 Å². The van der Waals surface area contributed by atoms with Crippen molar-refractivity contribution in [2.75, 3.05) is 6.61 Å². The summed E-state index contributed by atoms with van der Waals surface area (Å²) in [6, 6.07) is 39.8. The molecule has 6 aromatic rings. The fraction of sp³-hybridized carbons (Fsp3) is 0.241. The molecule has 1 aromatic heterocycles. The van der Waals surface area contributed by atoms with Gasteiger partial charge in [0, 0.05) is 31.7 Å². The number of nitrogens with zero attached hydrogens (tertiary/aromatic N) is 1.